The van der Waals surface area contributed by atoms with Gasteiger partial charge in [0.1, 0.15) is 0 Å². The average Bonchev–Trinajstić information content (AvgIpc) is 2.31. The van der Waals surface area contributed by atoms with Crippen LogP contribution in [0.25, 0.3) is 0 Å². The number of nitrogen functional groups attached to an aromatic ring is 1. The first-order valence-electron chi connectivity index (χ1n) is 5.82. The van der Waals surface area contributed by atoms with Gasteiger partial charge in [0.25, 0.3) is 0 Å². The fourth-order valence-corrected chi connectivity index (χ4v) is 1.71. The third-order valence-electron chi connectivity index (χ3n) is 2.60. The molecule has 0 aromatic heterocycles. The Morgan fingerprint density at radius 1 is 1.53 bits per heavy atom. The quantitative estimate of drug-likeness (QED) is 0.609. The van der Waals surface area contributed by atoms with Gasteiger partial charge >= 0.3 is 5.97 Å². The van der Waals surface area contributed by atoms with E-state index in [-0.39, 0.29) is 5.97 Å². The van der Waals surface area contributed by atoms with E-state index in [4.69, 9.17) is 5.73 Å². The zero-order valence-electron chi connectivity index (χ0n) is 10.6. The van der Waals surface area contributed by atoms with E-state index in [2.05, 4.69) is 23.9 Å². The number of carbonyl (C=O) groups excluding carboxylic acids is 1. The van der Waals surface area contributed by atoms with Crippen LogP contribution < -0.4 is 11.1 Å². The van der Waals surface area contributed by atoms with Gasteiger partial charge in [-0.3, -0.25) is 0 Å². The van der Waals surface area contributed by atoms with Crippen molar-refractivity contribution < 1.29 is 9.53 Å². The molecule has 0 amide bonds. The van der Waals surface area contributed by atoms with Crippen LogP contribution in [0.3, 0.4) is 0 Å². The first-order chi connectivity index (χ1) is 8.08. The van der Waals surface area contributed by atoms with Gasteiger partial charge in [-0.2, -0.15) is 0 Å². The third-order valence-corrected chi connectivity index (χ3v) is 2.60. The largest absolute Gasteiger partial charge is 0.465 e. The highest BCUT2D eigenvalue weighted by Gasteiger charge is 2.09. The number of anilines is 2. The minimum absolute atomic E-state index is 0.367. The number of esters is 1. The van der Waals surface area contributed by atoms with E-state index in [1.807, 2.05) is 6.07 Å². The van der Waals surface area contributed by atoms with Crippen LogP contribution in [0.5, 0.6) is 0 Å². The number of hydrogen-bond acceptors (Lipinski definition) is 4. The molecule has 0 radical (unpaired) electrons. The van der Waals surface area contributed by atoms with E-state index in [9.17, 15) is 4.79 Å². The van der Waals surface area contributed by atoms with Crippen LogP contribution in [0.15, 0.2) is 18.2 Å². The zero-order chi connectivity index (χ0) is 12.8. The molecule has 0 fully saturated rings. The number of hydrogen-bond donors (Lipinski definition) is 2. The van der Waals surface area contributed by atoms with Gasteiger partial charge in [-0.05, 0) is 31.5 Å². The van der Waals surface area contributed by atoms with Gasteiger partial charge in [0.15, 0.2) is 0 Å². The number of ether oxygens (including phenoxy) is 1. The van der Waals surface area contributed by atoms with E-state index in [1.54, 1.807) is 12.1 Å². The van der Waals surface area contributed by atoms with E-state index in [0.717, 1.165) is 18.5 Å². The van der Waals surface area contributed by atoms with Crippen molar-refractivity contribution in [1.29, 1.82) is 0 Å². The summed E-state index contributed by atoms with van der Waals surface area (Å²) in [7, 11) is 1.36. The highest BCUT2D eigenvalue weighted by atomic mass is 16.5. The highest BCUT2D eigenvalue weighted by Crippen LogP contribution is 2.21. The van der Waals surface area contributed by atoms with Crippen LogP contribution in [0.2, 0.25) is 0 Å². The molecule has 0 aliphatic rings. The molecule has 0 spiro atoms. The maximum Gasteiger partial charge on any atom is 0.337 e. The van der Waals surface area contributed by atoms with Crippen LogP contribution >= 0.6 is 0 Å². The van der Waals surface area contributed by atoms with Gasteiger partial charge in [-0.15, -0.1) is 0 Å². The Morgan fingerprint density at radius 2 is 2.24 bits per heavy atom. The summed E-state index contributed by atoms with van der Waals surface area (Å²) in [5.74, 6) is -0.371. The predicted octanol–water partition coefficient (Wildman–Crippen LogP) is 2.66. The van der Waals surface area contributed by atoms with Crippen molar-refractivity contribution >= 4 is 17.3 Å². The van der Waals surface area contributed by atoms with Crippen molar-refractivity contribution in [1.82, 2.24) is 0 Å². The molecular formula is C13H20N2O2. The molecule has 0 saturated heterocycles. The standard InChI is InChI=1S/C13H20N2O2/c1-4-5-9(2)15-12-7-6-10(8-11(12)14)13(16)17-3/h6-9,15H,4-5,14H2,1-3H3. The summed E-state index contributed by atoms with van der Waals surface area (Å²) in [6, 6.07) is 5.52. The normalized spacial score (nSPS) is 11.9. The number of carbonyl (C=O) groups is 1. The number of benzene rings is 1. The number of methoxy groups -OCH3 is 1. The van der Waals surface area contributed by atoms with Crippen LogP contribution in [0, 0.1) is 0 Å². The molecule has 1 atom stereocenters. The van der Waals surface area contributed by atoms with Gasteiger partial charge in [-0.1, -0.05) is 13.3 Å². The van der Waals surface area contributed by atoms with Crippen molar-refractivity contribution in [3.63, 3.8) is 0 Å². The monoisotopic (exact) mass is 236 g/mol. The summed E-state index contributed by atoms with van der Waals surface area (Å²) >= 11 is 0. The lowest BCUT2D eigenvalue weighted by Gasteiger charge is -2.16. The lowest BCUT2D eigenvalue weighted by atomic mass is 10.1. The molecule has 17 heavy (non-hydrogen) atoms. The van der Waals surface area contributed by atoms with Gasteiger partial charge in [0.2, 0.25) is 0 Å². The maximum atomic E-state index is 11.3. The SMILES string of the molecule is CCCC(C)Nc1ccc(C(=O)OC)cc1N. The topological polar surface area (TPSA) is 64.3 Å². The van der Waals surface area contributed by atoms with Crippen molar-refractivity contribution in [3.8, 4) is 0 Å². The molecule has 1 aromatic rings. The van der Waals surface area contributed by atoms with Crippen molar-refractivity contribution in [2.45, 2.75) is 32.7 Å². The van der Waals surface area contributed by atoms with E-state index in [1.165, 1.54) is 7.11 Å². The fourth-order valence-electron chi connectivity index (χ4n) is 1.71. The van der Waals surface area contributed by atoms with Crippen molar-refractivity contribution in [3.05, 3.63) is 23.8 Å². The van der Waals surface area contributed by atoms with Gasteiger partial charge in [0, 0.05) is 6.04 Å². The summed E-state index contributed by atoms with van der Waals surface area (Å²) in [6.07, 6.45) is 2.20. The molecular weight excluding hydrogens is 216 g/mol. The van der Waals surface area contributed by atoms with Gasteiger partial charge in [-0.25, -0.2) is 4.79 Å². The molecule has 1 rings (SSSR count). The average molecular weight is 236 g/mol. The first kappa shape index (κ1) is 13.4. The summed E-state index contributed by atoms with van der Waals surface area (Å²) in [6.45, 7) is 4.25. The number of nitrogens with one attached hydrogen (secondary N) is 1. The molecule has 0 heterocycles. The van der Waals surface area contributed by atoms with E-state index in [0.29, 0.717) is 17.3 Å². The Bertz CT molecular complexity index is 391. The Hall–Kier alpha value is -1.71. The molecule has 0 aliphatic heterocycles. The second-order valence-corrected chi connectivity index (χ2v) is 4.13. The van der Waals surface area contributed by atoms with Crippen LogP contribution in [-0.4, -0.2) is 19.1 Å². The second-order valence-electron chi connectivity index (χ2n) is 4.13. The van der Waals surface area contributed by atoms with Crippen LogP contribution in [0.4, 0.5) is 11.4 Å². The molecule has 1 unspecified atom stereocenters. The zero-order valence-corrected chi connectivity index (χ0v) is 10.6. The summed E-state index contributed by atoms with van der Waals surface area (Å²) in [5, 5.41) is 3.32. The fraction of sp³-hybridized carbons (Fsp3) is 0.462. The van der Waals surface area contributed by atoms with Crippen LogP contribution in [-0.2, 0) is 4.74 Å². The minimum atomic E-state index is -0.371. The Labute approximate surface area is 102 Å². The molecule has 4 nitrogen and oxygen atoms in total. The van der Waals surface area contributed by atoms with Crippen molar-refractivity contribution in [2.24, 2.45) is 0 Å². The molecule has 0 saturated carbocycles. The molecule has 0 aliphatic carbocycles. The Balaban J connectivity index is 2.79. The Kier molecular flexibility index (Phi) is 4.82. The molecule has 0 bridgehead atoms. The molecule has 4 heteroatoms. The minimum Gasteiger partial charge on any atom is -0.465 e. The third kappa shape index (κ3) is 3.66. The predicted molar refractivity (Wildman–Crippen MR) is 70.2 cm³/mol. The smallest absolute Gasteiger partial charge is 0.337 e. The lowest BCUT2D eigenvalue weighted by Crippen LogP contribution is -2.16. The van der Waals surface area contributed by atoms with Crippen molar-refractivity contribution in [2.75, 3.05) is 18.2 Å². The first-order valence-corrected chi connectivity index (χ1v) is 5.82. The van der Waals surface area contributed by atoms with E-state index < -0.39 is 0 Å². The second kappa shape index (κ2) is 6.13. The molecule has 94 valence electrons. The summed E-state index contributed by atoms with van der Waals surface area (Å²) in [5.41, 5.74) is 7.78. The number of rotatable bonds is 5. The van der Waals surface area contributed by atoms with Gasteiger partial charge in [0.05, 0.1) is 24.0 Å². The Morgan fingerprint density at radius 3 is 2.76 bits per heavy atom. The molecule has 3 N–H and O–H groups in total. The summed E-state index contributed by atoms with van der Waals surface area (Å²) in [4.78, 5) is 11.3. The maximum absolute atomic E-state index is 11.3. The lowest BCUT2D eigenvalue weighted by molar-refractivity contribution is 0.0601. The number of nitrogens with two attached hydrogens (primary N) is 1. The summed E-state index contributed by atoms with van der Waals surface area (Å²) < 4.78 is 4.64. The van der Waals surface area contributed by atoms with Crippen LogP contribution in [0.1, 0.15) is 37.0 Å². The van der Waals surface area contributed by atoms with E-state index >= 15 is 0 Å². The van der Waals surface area contributed by atoms with Gasteiger partial charge < -0.3 is 15.8 Å². The highest BCUT2D eigenvalue weighted by molar-refractivity contribution is 5.91. The molecule has 1 aromatic carbocycles.